The van der Waals surface area contributed by atoms with Crippen molar-refractivity contribution in [3.8, 4) is 5.75 Å². The molecule has 6 heteroatoms. The van der Waals surface area contributed by atoms with E-state index in [2.05, 4.69) is 55.6 Å². The van der Waals surface area contributed by atoms with E-state index in [9.17, 15) is 4.79 Å². The van der Waals surface area contributed by atoms with Gasteiger partial charge < -0.3 is 24.8 Å². The normalized spacial score (nSPS) is 19.5. The monoisotopic (exact) mass is 426 g/mol. The molecule has 1 heterocycles. The Hall–Kier alpha value is -2.57. The van der Waals surface area contributed by atoms with E-state index in [1.165, 1.54) is 24.3 Å². The zero-order chi connectivity index (χ0) is 22.2. The summed E-state index contributed by atoms with van der Waals surface area (Å²) in [5, 5.41) is 3.22. The molecule has 1 aliphatic heterocycles. The molecule has 3 rings (SSSR count). The zero-order valence-electron chi connectivity index (χ0n) is 19.4. The lowest BCUT2D eigenvalue weighted by Crippen LogP contribution is -3.27. The van der Waals surface area contributed by atoms with Gasteiger partial charge in [-0.1, -0.05) is 24.3 Å². The van der Waals surface area contributed by atoms with Crippen molar-refractivity contribution in [2.45, 2.75) is 18.9 Å². The molecule has 0 aromatic heterocycles. The summed E-state index contributed by atoms with van der Waals surface area (Å²) in [7, 11) is 8.04. The van der Waals surface area contributed by atoms with Gasteiger partial charge in [0.25, 0.3) is 0 Å². The molecule has 6 nitrogen and oxygen atoms in total. The number of carbonyl (C=O) groups excluding carboxylic acids is 1. The minimum absolute atomic E-state index is 0.116. The second kappa shape index (κ2) is 11.2. The number of benzene rings is 2. The fraction of sp³-hybridized carbons (Fsp3) is 0.480. The third-order valence-corrected chi connectivity index (χ3v) is 6.35. The molecule has 168 valence electrons. The third kappa shape index (κ3) is 6.71. The number of methoxy groups -OCH3 is 1. The van der Waals surface area contributed by atoms with E-state index in [1.807, 2.05) is 24.3 Å². The van der Waals surface area contributed by atoms with Crippen LogP contribution in [0.2, 0.25) is 0 Å². The molecule has 1 amide bonds. The van der Waals surface area contributed by atoms with Gasteiger partial charge >= 0.3 is 0 Å². The van der Waals surface area contributed by atoms with Crippen LogP contribution in [0.1, 0.15) is 23.6 Å². The van der Waals surface area contributed by atoms with Gasteiger partial charge in [0, 0.05) is 31.8 Å². The average molecular weight is 427 g/mol. The lowest BCUT2D eigenvalue weighted by Gasteiger charge is -2.33. The number of hydrogen-bond acceptors (Lipinski definition) is 3. The third-order valence-electron chi connectivity index (χ3n) is 6.35. The van der Waals surface area contributed by atoms with Gasteiger partial charge in [-0.25, -0.2) is 0 Å². The minimum Gasteiger partial charge on any atom is -0.497 e. The van der Waals surface area contributed by atoms with Crippen LogP contribution in [-0.4, -0.2) is 66.9 Å². The van der Waals surface area contributed by atoms with E-state index >= 15 is 0 Å². The van der Waals surface area contributed by atoms with E-state index in [0.29, 0.717) is 13.0 Å². The van der Waals surface area contributed by atoms with Gasteiger partial charge in [-0.05, 0) is 36.2 Å². The zero-order valence-corrected chi connectivity index (χ0v) is 19.4. The Morgan fingerprint density at radius 3 is 2.26 bits per heavy atom. The van der Waals surface area contributed by atoms with Crippen molar-refractivity contribution in [3.05, 3.63) is 59.7 Å². The van der Waals surface area contributed by atoms with Crippen LogP contribution in [0.15, 0.2) is 48.5 Å². The van der Waals surface area contributed by atoms with E-state index in [0.717, 1.165) is 30.8 Å². The quantitative estimate of drug-likeness (QED) is 0.528. The predicted octanol–water partition coefficient (Wildman–Crippen LogP) is -0.0355. The van der Waals surface area contributed by atoms with Gasteiger partial charge in [0.2, 0.25) is 5.91 Å². The molecule has 0 spiro atoms. The van der Waals surface area contributed by atoms with E-state index in [4.69, 9.17) is 4.74 Å². The number of quaternary nitrogens is 2. The Bertz CT molecular complexity index is 812. The van der Waals surface area contributed by atoms with Gasteiger partial charge in [-0.2, -0.15) is 0 Å². The molecule has 1 aliphatic rings. The first-order valence-electron chi connectivity index (χ1n) is 11.3. The number of piperazine rings is 1. The number of ether oxygens (including phenoxy) is 1. The van der Waals surface area contributed by atoms with Gasteiger partial charge in [0.15, 0.2) is 0 Å². The smallest absolute Gasteiger partial charge is 0.220 e. The lowest BCUT2D eigenvalue weighted by molar-refractivity contribution is -1.02. The summed E-state index contributed by atoms with van der Waals surface area (Å²) in [4.78, 5) is 17.9. The maximum absolute atomic E-state index is 12.6. The molecule has 31 heavy (non-hydrogen) atoms. The number of aryl methyl sites for hydroxylation is 1. The summed E-state index contributed by atoms with van der Waals surface area (Å²) in [5.41, 5.74) is 3.65. The van der Waals surface area contributed by atoms with Crippen molar-refractivity contribution in [1.82, 2.24) is 5.32 Å². The Kier molecular flexibility index (Phi) is 8.32. The topological polar surface area (TPSA) is 50.4 Å². The number of anilines is 1. The molecule has 0 bridgehead atoms. The molecule has 1 atom stereocenters. The maximum atomic E-state index is 12.6. The second-order valence-electron chi connectivity index (χ2n) is 8.81. The van der Waals surface area contributed by atoms with E-state index < -0.39 is 0 Å². The van der Waals surface area contributed by atoms with Crippen molar-refractivity contribution < 1.29 is 19.3 Å². The van der Waals surface area contributed by atoms with Crippen LogP contribution in [0, 0.1) is 0 Å². The van der Waals surface area contributed by atoms with Gasteiger partial charge in [-0.3, -0.25) is 4.79 Å². The van der Waals surface area contributed by atoms with Crippen LogP contribution in [0.3, 0.4) is 0 Å². The fourth-order valence-corrected chi connectivity index (χ4v) is 4.20. The molecular weight excluding hydrogens is 388 g/mol. The van der Waals surface area contributed by atoms with Crippen LogP contribution in [0.25, 0.3) is 0 Å². The largest absolute Gasteiger partial charge is 0.497 e. The summed E-state index contributed by atoms with van der Waals surface area (Å²) in [6.07, 6.45) is 1.24. The molecule has 0 radical (unpaired) electrons. The standard InChI is InChI=1S/C25H36N4O2/c1-27(2)22-10-8-21(9-11-22)24(29-17-15-28(3)16-18-29)19-26-25(30)14-7-20-5-12-23(31-4)13-6-20/h5-6,8-13,24H,7,14-19H2,1-4H3,(H,26,30)/p+2/t24-/m0/s1. The molecule has 0 saturated carbocycles. The number of rotatable bonds is 9. The molecule has 2 aromatic rings. The second-order valence-corrected chi connectivity index (χ2v) is 8.81. The summed E-state index contributed by atoms with van der Waals surface area (Å²) in [6, 6.07) is 17.0. The van der Waals surface area contributed by atoms with Crippen molar-refractivity contribution in [1.29, 1.82) is 0 Å². The number of likely N-dealkylation sites (N-methyl/N-ethyl adjacent to an activating group) is 1. The summed E-state index contributed by atoms with van der Waals surface area (Å²) >= 11 is 0. The Morgan fingerprint density at radius 2 is 1.68 bits per heavy atom. The summed E-state index contributed by atoms with van der Waals surface area (Å²) in [6.45, 7) is 5.29. The summed E-state index contributed by atoms with van der Waals surface area (Å²) in [5.74, 6) is 0.957. The van der Waals surface area contributed by atoms with Crippen LogP contribution in [-0.2, 0) is 11.2 Å². The molecule has 0 aliphatic carbocycles. The highest BCUT2D eigenvalue weighted by Gasteiger charge is 2.29. The minimum atomic E-state index is 0.116. The van der Waals surface area contributed by atoms with Crippen LogP contribution < -0.4 is 24.8 Å². The molecular formula is C25H38N4O2+2. The summed E-state index contributed by atoms with van der Waals surface area (Å²) < 4.78 is 5.20. The SMILES string of the molecule is COc1ccc(CCC(=O)NC[C@@H](c2ccc(N(C)C)cc2)[NH+]2CC[NH+](C)CC2)cc1. The number of nitrogens with one attached hydrogen (secondary N) is 3. The Morgan fingerprint density at radius 1 is 1.03 bits per heavy atom. The van der Waals surface area contributed by atoms with E-state index in [-0.39, 0.29) is 11.9 Å². The molecule has 3 N–H and O–H groups in total. The first-order chi connectivity index (χ1) is 15.0. The maximum Gasteiger partial charge on any atom is 0.220 e. The molecule has 2 aromatic carbocycles. The first-order valence-corrected chi connectivity index (χ1v) is 11.3. The van der Waals surface area contributed by atoms with E-state index in [1.54, 1.807) is 16.9 Å². The van der Waals surface area contributed by atoms with Crippen molar-refractivity contribution in [2.75, 3.05) is 65.9 Å². The fourth-order valence-electron chi connectivity index (χ4n) is 4.20. The lowest BCUT2D eigenvalue weighted by atomic mass is 10.0. The van der Waals surface area contributed by atoms with Gasteiger partial charge in [-0.15, -0.1) is 0 Å². The number of nitrogens with zero attached hydrogens (tertiary/aromatic N) is 1. The van der Waals surface area contributed by atoms with Crippen LogP contribution >= 0.6 is 0 Å². The highest BCUT2D eigenvalue weighted by Crippen LogP contribution is 2.17. The van der Waals surface area contributed by atoms with Crippen molar-refractivity contribution in [3.63, 3.8) is 0 Å². The predicted molar refractivity (Wildman–Crippen MR) is 125 cm³/mol. The molecule has 0 unspecified atom stereocenters. The highest BCUT2D eigenvalue weighted by atomic mass is 16.5. The molecule has 1 fully saturated rings. The number of carbonyl (C=O) groups is 1. The first kappa shape index (κ1) is 23.1. The van der Waals surface area contributed by atoms with Crippen LogP contribution in [0.4, 0.5) is 5.69 Å². The van der Waals surface area contributed by atoms with Crippen molar-refractivity contribution >= 4 is 11.6 Å². The Balaban J connectivity index is 1.60. The average Bonchev–Trinajstić information content (AvgIpc) is 2.79. The van der Waals surface area contributed by atoms with Crippen molar-refractivity contribution in [2.24, 2.45) is 0 Å². The molecule has 1 saturated heterocycles. The van der Waals surface area contributed by atoms with Crippen LogP contribution in [0.5, 0.6) is 5.75 Å². The van der Waals surface area contributed by atoms with Gasteiger partial charge in [0.1, 0.15) is 38.0 Å². The highest BCUT2D eigenvalue weighted by molar-refractivity contribution is 5.76. The Labute approximate surface area is 186 Å². The van der Waals surface area contributed by atoms with Gasteiger partial charge in [0.05, 0.1) is 20.7 Å². The number of hydrogen-bond donors (Lipinski definition) is 3. The number of amides is 1.